The molecular formula is C10H25Cl2NOTi. The summed E-state index contributed by atoms with van der Waals surface area (Å²) in [6.07, 6.45) is 5.22. The molecular weight excluding hydrogens is 269 g/mol. The first kappa shape index (κ1) is 21.5. The van der Waals surface area contributed by atoms with E-state index in [1.807, 2.05) is 0 Å². The van der Waals surface area contributed by atoms with E-state index in [9.17, 15) is 0 Å². The minimum atomic E-state index is -0.262. The summed E-state index contributed by atoms with van der Waals surface area (Å²) in [5.41, 5.74) is 0. The Morgan fingerprint density at radius 2 is 1.40 bits per heavy atom. The van der Waals surface area contributed by atoms with Crippen molar-refractivity contribution in [2.24, 2.45) is 0 Å². The van der Waals surface area contributed by atoms with E-state index in [0.717, 1.165) is 6.61 Å². The summed E-state index contributed by atoms with van der Waals surface area (Å²) in [5.74, 6) is 0. The molecule has 0 aromatic rings. The van der Waals surface area contributed by atoms with E-state index in [-0.39, 0.29) is 44.6 Å². The van der Waals surface area contributed by atoms with Crippen molar-refractivity contribution in [1.82, 2.24) is 3.38 Å². The molecule has 94 valence electrons. The number of hydrogen-bond donors (Lipinski definition) is 0. The van der Waals surface area contributed by atoms with Crippen LogP contribution in [0.5, 0.6) is 0 Å². The molecule has 0 rings (SSSR count). The minimum Gasteiger partial charge on any atom is -0.147 e. The molecule has 0 atom stereocenters. The molecule has 0 aliphatic heterocycles. The largest absolute Gasteiger partial charge is 0.147 e. The van der Waals surface area contributed by atoms with Crippen LogP contribution in [-0.4, -0.2) is 23.1 Å². The van der Waals surface area contributed by atoms with Crippen LogP contribution < -0.4 is 0 Å². The van der Waals surface area contributed by atoms with Gasteiger partial charge in [0.25, 0.3) is 0 Å². The van der Waals surface area contributed by atoms with Crippen LogP contribution in [0.3, 0.4) is 0 Å². The monoisotopic (exact) mass is 293 g/mol. The SMILES string of the molecule is CCCC[N](CCCC)[Ti][O]CC.Cl.Cl. The third kappa shape index (κ3) is 15.2. The number of hydrogen-bond acceptors (Lipinski definition) is 2. The van der Waals surface area contributed by atoms with E-state index in [2.05, 4.69) is 24.2 Å². The summed E-state index contributed by atoms with van der Waals surface area (Å²) in [6, 6.07) is 0. The second-order valence-electron chi connectivity index (χ2n) is 3.22. The molecule has 0 aromatic heterocycles. The molecule has 0 radical (unpaired) electrons. The van der Waals surface area contributed by atoms with E-state index in [0.29, 0.717) is 0 Å². The number of nitrogens with zero attached hydrogens (tertiary/aromatic N) is 1. The van der Waals surface area contributed by atoms with Crippen LogP contribution >= 0.6 is 24.8 Å². The maximum Gasteiger partial charge on any atom is -0.147 e. The summed E-state index contributed by atoms with van der Waals surface area (Å²) in [4.78, 5) is 0. The van der Waals surface area contributed by atoms with Crippen LogP contribution in [0.25, 0.3) is 0 Å². The van der Waals surface area contributed by atoms with Crippen LogP contribution in [0.2, 0.25) is 0 Å². The van der Waals surface area contributed by atoms with Crippen molar-refractivity contribution in [2.75, 3.05) is 19.7 Å². The normalized spacial score (nSPS) is 9.33. The third-order valence-corrected chi connectivity index (χ3v) is 3.66. The van der Waals surface area contributed by atoms with Crippen LogP contribution in [0, 0.1) is 0 Å². The first-order chi connectivity index (χ1) is 6.35. The van der Waals surface area contributed by atoms with Crippen molar-refractivity contribution in [3.05, 3.63) is 0 Å². The molecule has 0 aromatic carbocycles. The van der Waals surface area contributed by atoms with Crippen molar-refractivity contribution in [1.29, 1.82) is 0 Å². The summed E-state index contributed by atoms with van der Waals surface area (Å²) in [7, 11) is 0. The Kier molecular flexibility index (Phi) is 25.2. The molecule has 2 nitrogen and oxygen atoms in total. The number of halogens is 2. The molecule has 0 aliphatic carbocycles. The van der Waals surface area contributed by atoms with Gasteiger partial charge in [-0.1, -0.05) is 0 Å². The van der Waals surface area contributed by atoms with Gasteiger partial charge in [-0.05, 0) is 0 Å². The molecule has 0 amide bonds. The Hall–Kier alpha value is 1.21. The van der Waals surface area contributed by atoms with Crippen LogP contribution in [0.4, 0.5) is 0 Å². The molecule has 0 saturated carbocycles. The van der Waals surface area contributed by atoms with Crippen LogP contribution in [0.15, 0.2) is 0 Å². The van der Waals surface area contributed by atoms with Gasteiger partial charge in [0.2, 0.25) is 0 Å². The minimum absolute atomic E-state index is 0. The Morgan fingerprint density at radius 3 is 1.73 bits per heavy atom. The Labute approximate surface area is 117 Å². The van der Waals surface area contributed by atoms with E-state index in [4.69, 9.17) is 3.32 Å². The second-order valence-corrected chi connectivity index (χ2v) is 4.94. The van der Waals surface area contributed by atoms with Gasteiger partial charge >= 0.3 is 92.6 Å². The summed E-state index contributed by atoms with van der Waals surface area (Å²) >= 11 is -0.262. The number of unbranched alkanes of at least 4 members (excludes halogenated alkanes) is 2. The molecule has 0 aliphatic rings. The molecule has 5 heteroatoms. The van der Waals surface area contributed by atoms with Gasteiger partial charge in [0.15, 0.2) is 0 Å². The Bertz CT molecular complexity index is 90.4. The molecule has 0 bridgehead atoms. The van der Waals surface area contributed by atoms with E-state index >= 15 is 0 Å². The van der Waals surface area contributed by atoms with Gasteiger partial charge in [0.1, 0.15) is 0 Å². The van der Waals surface area contributed by atoms with Crippen LogP contribution in [-0.2, 0) is 23.1 Å². The topological polar surface area (TPSA) is 12.5 Å². The molecule has 0 N–H and O–H groups in total. The zero-order valence-electron chi connectivity index (χ0n) is 10.1. The third-order valence-electron chi connectivity index (χ3n) is 1.90. The van der Waals surface area contributed by atoms with Gasteiger partial charge in [0.05, 0.1) is 0 Å². The van der Waals surface area contributed by atoms with Gasteiger partial charge in [-0.25, -0.2) is 0 Å². The predicted octanol–water partition coefficient (Wildman–Crippen LogP) is 3.68. The fraction of sp³-hybridized carbons (Fsp3) is 1.00. The predicted molar refractivity (Wildman–Crippen MR) is 67.5 cm³/mol. The molecule has 0 heterocycles. The standard InChI is InChI=1S/C8H18N.C2H5O.2ClH.Ti/c1-3-5-7-9-8-6-4-2;1-2-3;;;/h3-8H2,1-2H3;2H2,1H3;2*1H;/q2*-1;;;+2. The maximum atomic E-state index is 5.54. The van der Waals surface area contributed by atoms with Crippen LogP contribution in [0.1, 0.15) is 46.5 Å². The van der Waals surface area contributed by atoms with Gasteiger partial charge in [-0.2, -0.15) is 0 Å². The Balaban J connectivity index is -0.000000720. The average molecular weight is 294 g/mol. The van der Waals surface area contributed by atoms with Gasteiger partial charge in [-0.3, -0.25) is 0 Å². The first-order valence-corrected chi connectivity index (χ1v) is 6.81. The zero-order chi connectivity index (χ0) is 9.94. The zero-order valence-corrected chi connectivity index (χ0v) is 13.3. The molecule has 15 heavy (non-hydrogen) atoms. The fourth-order valence-electron chi connectivity index (χ4n) is 1.06. The van der Waals surface area contributed by atoms with Crippen molar-refractivity contribution >= 4 is 24.8 Å². The summed E-state index contributed by atoms with van der Waals surface area (Å²) in [6.45, 7) is 9.96. The van der Waals surface area contributed by atoms with Gasteiger partial charge in [-0.15, -0.1) is 24.8 Å². The maximum absolute atomic E-state index is 5.54. The molecule has 0 saturated heterocycles. The summed E-state index contributed by atoms with van der Waals surface area (Å²) < 4.78 is 8.08. The fourth-order valence-corrected chi connectivity index (χ4v) is 2.32. The van der Waals surface area contributed by atoms with Gasteiger partial charge in [0, 0.05) is 0 Å². The van der Waals surface area contributed by atoms with E-state index in [1.54, 1.807) is 0 Å². The molecule has 0 unspecified atom stereocenters. The average Bonchev–Trinajstić information content (AvgIpc) is 2.17. The van der Waals surface area contributed by atoms with E-state index < -0.39 is 0 Å². The first-order valence-electron chi connectivity index (χ1n) is 5.47. The second kappa shape index (κ2) is 17.6. The van der Waals surface area contributed by atoms with Crippen molar-refractivity contribution < 1.29 is 23.1 Å². The molecule has 0 fully saturated rings. The quantitative estimate of drug-likeness (QED) is 0.601. The number of rotatable bonds is 9. The van der Waals surface area contributed by atoms with Crippen molar-refractivity contribution in [2.45, 2.75) is 46.5 Å². The summed E-state index contributed by atoms with van der Waals surface area (Å²) in [5, 5.41) is 0. The van der Waals surface area contributed by atoms with Gasteiger partial charge < -0.3 is 0 Å². The van der Waals surface area contributed by atoms with Crippen molar-refractivity contribution in [3.8, 4) is 0 Å². The molecule has 0 spiro atoms. The smallest absolute Gasteiger partial charge is 0.147 e. The Morgan fingerprint density at radius 1 is 0.933 bits per heavy atom. The van der Waals surface area contributed by atoms with Crippen molar-refractivity contribution in [3.63, 3.8) is 0 Å². The van der Waals surface area contributed by atoms with E-state index in [1.165, 1.54) is 38.8 Å².